The van der Waals surface area contributed by atoms with Crippen molar-refractivity contribution in [3.05, 3.63) is 34.9 Å². The summed E-state index contributed by atoms with van der Waals surface area (Å²) < 4.78 is 10.6. The number of halogens is 1. The van der Waals surface area contributed by atoms with Gasteiger partial charge in [-0.05, 0) is 38.3 Å². The second kappa shape index (κ2) is 8.31. The number of amides is 1. The molecule has 1 fully saturated rings. The van der Waals surface area contributed by atoms with Gasteiger partial charge in [0.1, 0.15) is 6.10 Å². The van der Waals surface area contributed by atoms with Crippen molar-refractivity contribution in [1.82, 2.24) is 5.32 Å². The van der Waals surface area contributed by atoms with Gasteiger partial charge in [-0.3, -0.25) is 9.59 Å². The van der Waals surface area contributed by atoms with Crippen molar-refractivity contribution in [2.75, 3.05) is 6.61 Å². The van der Waals surface area contributed by atoms with Crippen molar-refractivity contribution < 1.29 is 19.1 Å². The van der Waals surface area contributed by atoms with Crippen molar-refractivity contribution in [1.29, 1.82) is 0 Å². The Morgan fingerprint density at radius 3 is 2.74 bits per heavy atom. The maximum atomic E-state index is 12.3. The standard InChI is InChI=1S/C17H22ClNO4/c1-11(2)23-16(20)10-14(12-6-3-4-7-13(12)18)19-17(21)15-8-5-9-22-15/h3-4,6-7,11,14-15H,5,8-10H2,1-2H3,(H,19,21)/t14-,15-/m1/s1. The summed E-state index contributed by atoms with van der Waals surface area (Å²) in [5.74, 6) is -0.595. The molecule has 0 aliphatic carbocycles. The van der Waals surface area contributed by atoms with Crippen molar-refractivity contribution in [3.63, 3.8) is 0 Å². The van der Waals surface area contributed by atoms with Gasteiger partial charge >= 0.3 is 5.97 Å². The van der Waals surface area contributed by atoms with Gasteiger partial charge in [-0.2, -0.15) is 0 Å². The van der Waals surface area contributed by atoms with Crippen LogP contribution in [0.1, 0.15) is 44.7 Å². The maximum absolute atomic E-state index is 12.3. The minimum atomic E-state index is -0.536. The number of rotatable bonds is 6. The molecule has 5 nitrogen and oxygen atoms in total. The van der Waals surface area contributed by atoms with Crippen molar-refractivity contribution in [3.8, 4) is 0 Å². The molecule has 1 heterocycles. The van der Waals surface area contributed by atoms with E-state index in [1.807, 2.05) is 6.07 Å². The number of benzene rings is 1. The first-order chi connectivity index (χ1) is 11.0. The molecule has 0 unspecified atom stereocenters. The first kappa shape index (κ1) is 17.8. The normalized spacial score (nSPS) is 18.7. The van der Waals surface area contributed by atoms with Crippen molar-refractivity contribution in [2.24, 2.45) is 0 Å². The van der Waals surface area contributed by atoms with E-state index in [1.165, 1.54) is 0 Å². The van der Waals surface area contributed by atoms with Gasteiger partial charge in [-0.1, -0.05) is 29.8 Å². The zero-order valence-corrected chi connectivity index (χ0v) is 14.1. The molecule has 6 heteroatoms. The molecule has 1 aliphatic rings. The van der Waals surface area contributed by atoms with E-state index in [0.29, 0.717) is 23.6 Å². The lowest BCUT2D eigenvalue weighted by atomic mass is 10.0. The molecule has 126 valence electrons. The highest BCUT2D eigenvalue weighted by Crippen LogP contribution is 2.26. The topological polar surface area (TPSA) is 64.6 Å². The van der Waals surface area contributed by atoms with Gasteiger partial charge in [0, 0.05) is 11.6 Å². The predicted molar refractivity (Wildman–Crippen MR) is 87.2 cm³/mol. The number of nitrogens with one attached hydrogen (secondary N) is 1. The summed E-state index contributed by atoms with van der Waals surface area (Å²) in [6.45, 7) is 4.16. The Hall–Kier alpha value is -1.59. The molecule has 2 atom stereocenters. The van der Waals surface area contributed by atoms with Crippen LogP contribution in [-0.4, -0.2) is 30.7 Å². The highest BCUT2D eigenvalue weighted by Gasteiger charge is 2.28. The molecule has 23 heavy (non-hydrogen) atoms. The largest absolute Gasteiger partial charge is 0.463 e. The zero-order chi connectivity index (χ0) is 16.8. The third-order valence-electron chi connectivity index (χ3n) is 3.56. The highest BCUT2D eigenvalue weighted by molar-refractivity contribution is 6.31. The summed E-state index contributed by atoms with van der Waals surface area (Å²) in [5, 5.41) is 3.37. The van der Waals surface area contributed by atoms with Crippen LogP contribution in [0.2, 0.25) is 5.02 Å². The van der Waals surface area contributed by atoms with Crippen LogP contribution in [0.3, 0.4) is 0 Å². The second-order valence-electron chi connectivity index (χ2n) is 5.83. The number of hydrogen-bond acceptors (Lipinski definition) is 4. The number of esters is 1. The minimum Gasteiger partial charge on any atom is -0.463 e. The van der Waals surface area contributed by atoms with Gasteiger partial charge < -0.3 is 14.8 Å². The Kier molecular flexibility index (Phi) is 6.42. The number of ether oxygens (including phenoxy) is 2. The van der Waals surface area contributed by atoms with E-state index in [2.05, 4.69) is 5.32 Å². The predicted octanol–water partition coefficient (Wildman–Crippen LogP) is 3.02. The molecule has 0 radical (unpaired) electrons. The average molecular weight is 340 g/mol. The quantitative estimate of drug-likeness (QED) is 0.809. The molecule has 0 aromatic heterocycles. The average Bonchev–Trinajstić information content (AvgIpc) is 3.00. The molecule has 1 amide bonds. The molecule has 1 aliphatic heterocycles. The molecule has 0 spiro atoms. The van der Waals surface area contributed by atoms with E-state index in [0.717, 1.165) is 6.42 Å². The van der Waals surface area contributed by atoms with E-state index < -0.39 is 12.1 Å². The van der Waals surface area contributed by atoms with Crippen LogP contribution >= 0.6 is 11.6 Å². The van der Waals surface area contributed by atoms with E-state index in [9.17, 15) is 9.59 Å². The van der Waals surface area contributed by atoms with E-state index in [1.54, 1.807) is 32.0 Å². The van der Waals surface area contributed by atoms with Crippen LogP contribution in [-0.2, 0) is 19.1 Å². The van der Waals surface area contributed by atoms with Crippen LogP contribution in [0, 0.1) is 0 Å². The molecule has 1 aromatic rings. The Morgan fingerprint density at radius 2 is 2.13 bits per heavy atom. The van der Waals surface area contributed by atoms with Crippen LogP contribution in [0.15, 0.2) is 24.3 Å². The summed E-state index contributed by atoms with van der Waals surface area (Å²) >= 11 is 6.22. The summed E-state index contributed by atoms with van der Waals surface area (Å²) in [5.41, 5.74) is 0.696. The molecule has 1 saturated heterocycles. The monoisotopic (exact) mass is 339 g/mol. The van der Waals surface area contributed by atoms with Gasteiger partial charge in [0.25, 0.3) is 0 Å². The Bertz CT molecular complexity index is 555. The molecular weight excluding hydrogens is 318 g/mol. The van der Waals surface area contributed by atoms with Crippen LogP contribution < -0.4 is 5.32 Å². The Balaban J connectivity index is 2.12. The highest BCUT2D eigenvalue weighted by atomic mass is 35.5. The third-order valence-corrected chi connectivity index (χ3v) is 3.90. The summed E-state index contributed by atoms with van der Waals surface area (Å²) in [4.78, 5) is 24.3. The lowest BCUT2D eigenvalue weighted by molar-refractivity contribution is -0.148. The van der Waals surface area contributed by atoms with Gasteiger partial charge in [0.15, 0.2) is 0 Å². The second-order valence-corrected chi connectivity index (χ2v) is 6.23. The van der Waals surface area contributed by atoms with E-state index in [4.69, 9.17) is 21.1 Å². The van der Waals surface area contributed by atoms with Crippen molar-refractivity contribution >= 4 is 23.5 Å². The van der Waals surface area contributed by atoms with Crippen LogP contribution in [0.25, 0.3) is 0 Å². The summed E-state index contributed by atoms with van der Waals surface area (Å²) in [7, 11) is 0. The zero-order valence-electron chi connectivity index (χ0n) is 13.4. The maximum Gasteiger partial charge on any atom is 0.308 e. The fourth-order valence-electron chi connectivity index (χ4n) is 2.52. The summed E-state index contributed by atoms with van der Waals surface area (Å²) in [6, 6.07) is 6.62. The minimum absolute atomic E-state index is 0.0281. The number of carbonyl (C=O) groups excluding carboxylic acids is 2. The molecule has 1 N–H and O–H groups in total. The van der Waals surface area contributed by atoms with Gasteiger partial charge in [0.2, 0.25) is 5.91 Å². The van der Waals surface area contributed by atoms with Crippen LogP contribution in [0.5, 0.6) is 0 Å². The van der Waals surface area contributed by atoms with E-state index in [-0.39, 0.29) is 24.4 Å². The fourth-order valence-corrected chi connectivity index (χ4v) is 2.79. The third kappa shape index (κ3) is 5.22. The molecule has 0 bridgehead atoms. The first-order valence-electron chi connectivity index (χ1n) is 7.83. The van der Waals surface area contributed by atoms with E-state index >= 15 is 0 Å². The first-order valence-corrected chi connectivity index (χ1v) is 8.21. The number of carbonyl (C=O) groups is 2. The SMILES string of the molecule is CC(C)OC(=O)C[C@@H](NC(=O)[C@H]1CCCO1)c1ccccc1Cl. The Morgan fingerprint density at radius 1 is 1.39 bits per heavy atom. The summed E-state index contributed by atoms with van der Waals surface area (Å²) in [6.07, 6.45) is 0.923. The fraction of sp³-hybridized carbons (Fsp3) is 0.529. The van der Waals surface area contributed by atoms with Crippen LogP contribution in [0.4, 0.5) is 0 Å². The molecule has 1 aromatic carbocycles. The van der Waals surface area contributed by atoms with Crippen molar-refractivity contribution in [2.45, 2.75) is 51.4 Å². The van der Waals surface area contributed by atoms with Gasteiger partial charge in [0.05, 0.1) is 18.6 Å². The van der Waals surface area contributed by atoms with Gasteiger partial charge in [-0.25, -0.2) is 0 Å². The smallest absolute Gasteiger partial charge is 0.308 e. The van der Waals surface area contributed by atoms with Gasteiger partial charge in [-0.15, -0.1) is 0 Å². The lowest BCUT2D eigenvalue weighted by Crippen LogP contribution is -2.38. The lowest BCUT2D eigenvalue weighted by Gasteiger charge is -2.22. The Labute approximate surface area is 141 Å². The molecular formula is C17H22ClNO4. The molecule has 0 saturated carbocycles. The molecule has 2 rings (SSSR count). The number of hydrogen-bond donors (Lipinski definition) is 1.